The summed E-state index contributed by atoms with van der Waals surface area (Å²) < 4.78 is 0. The highest BCUT2D eigenvalue weighted by Gasteiger charge is 2.20. The van der Waals surface area contributed by atoms with Crippen LogP contribution in [0.5, 0.6) is 0 Å². The molecule has 0 spiro atoms. The number of fused-ring (bicyclic) bond motifs is 3. The molecule has 0 saturated heterocycles. The van der Waals surface area contributed by atoms with Gasteiger partial charge in [0, 0.05) is 16.9 Å². The molecular formula is C50H35N. The fraction of sp³-hybridized carbons (Fsp3) is 0. The van der Waals surface area contributed by atoms with Crippen molar-refractivity contribution in [1.29, 1.82) is 0 Å². The molecule has 0 atom stereocenters. The van der Waals surface area contributed by atoms with Crippen LogP contribution in [0, 0.1) is 0 Å². The Morgan fingerprint density at radius 3 is 1.45 bits per heavy atom. The van der Waals surface area contributed by atoms with Gasteiger partial charge in [0.25, 0.3) is 0 Å². The Hall–Kier alpha value is -6.70. The summed E-state index contributed by atoms with van der Waals surface area (Å²) in [5.41, 5.74) is 12.9. The first-order valence-electron chi connectivity index (χ1n) is 17.5. The summed E-state index contributed by atoms with van der Waals surface area (Å²) in [7, 11) is 0. The van der Waals surface area contributed by atoms with Crippen molar-refractivity contribution in [1.82, 2.24) is 0 Å². The molecule has 0 radical (unpaired) electrons. The monoisotopic (exact) mass is 649 g/mol. The second-order valence-corrected chi connectivity index (χ2v) is 12.9. The summed E-state index contributed by atoms with van der Waals surface area (Å²) in [6.45, 7) is 0. The van der Waals surface area contributed by atoms with Gasteiger partial charge in [0.15, 0.2) is 0 Å². The molecule has 0 aliphatic rings. The summed E-state index contributed by atoms with van der Waals surface area (Å²) in [5.74, 6) is 0. The lowest BCUT2D eigenvalue weighted by molar-refractivity contribution is 1.29. The van der Waals surface area contributed by atoms with Crippen molar-refractivity contribution >= 4 is 38.6 Å². The zero-order chi connectivity index (χ0) is 34.0. The van der Waals surface area contributed by atoms with Crippen molar-refractivity contribution in [2.75, 3.05) is 4.90 Å². The summed E-state index contributed by atoms with van der Waals surface area (Å²) in [4.78, 5) is 2.42. The van der Waals surface area contributed by atoms with E-state index in [9.17, 15) is 0 Å². The number of rotatable bonds is 7. The third-order valence-corrected chi connectivity index (χ3v) is 9.88. The first-order valence-corrected chi connectivity index (χ1v) is 17.5. The Morgan fingerprint density at radius 2 is 0.725 bits per heavy atom. The van der Waals surface area contributed by atoms with E-state index in [1.807, 2.05) is 0 Å². The van der Waals surface area contributed by atoms with E-state index in [2.05, 4.69) is 217 Å². The number of benzene rings is 9. The van der Waals surface area contributed by atoms with Gasteiger partial charge in [-0.05, 0) is 90.8 Å². The first kappa shape index (κ1) is 30.4. The van der Waals surface area contributed by atoms with Crippen molar-refractivity contribution in [3.63, 3.8) is 0 Å². The molecule has 0 heterocycles. The molecule has 0 aliphatic carbocycles. The van der Waals surface area contributed by atoms with Gasteiger partial charge in [-0.25, -0.2) is 0 Å². The van der Waals surface area contributed by atoms with Crippen molar-refractivity contribution in [2.24, 2.45) is 0 Å². The van der Waals surface area contributed by atoms with E-state index in [4.69, 9.17) is 0 Å². The van der Waals surface area contributed by atoms with Gasteiger partial charge in [-0.2, -0.15) is 0 Å². The smallest absolute Gasteiger partial charge is 0.0540 e. The third kappa shape index (κ3) is 5.75. The highest BCUT2D eigenvalue weighted by atomic mass is 15.1. The lowest BCUT2D eigenvalue weighted by Gasteiger charge is -2.29. The minimum absolute atomic E-state index is 1.10. The number of anilines is 3. The zero-order valence-electron chi connectivity index (χ0n) is 28.2. The predicted octanol–water partition coefficient (Wildman–Crippen LogP) is 14.1. The van der Waals surface area contributed by atoms with Gasteiger partial charge in [-0.1, -0.05) is 182 Å². The van der Waals surface area contributed by atoms with E-state index in [1.165, 1.54) is 66.1 Å². The molecule has 9 rings (SSSR count). The average Bonchev–Trinajstić information content (AvgIpc) is 3.22. The Morgan fingerprint density at radius 1 is 0.255 bits per heavy atom. The number of para-hydroxylation sites is 1. The van der Waals surface area contributed by atoms with Crippen molar-refractivity contribution < 1.29 is 0 Å². The van der Waals surface area contributed by atoms with Crippen molar-refractivity contribution in [2.45, 2.75) is 0 Å². The van der Waals surface area contributed by atoms with E-state index in [0.717, 1.165) is 17.1 Å². The maximum absolute atomic E-state index is 2.42. The van der Waals surface area contributed by atoms with Gasteiger partial charge in [0.2, 0.25) is 0 Å². The summed E-state index contributed by atoms with van der Waals surface area (Å²) >= 11 is 0. The highest BCUT2D eigenvalue weighted by molar-refractivity contribution is 6.09. The van der Waals surface area contributed by atoms with Crippen LogP contribution < -0.4 is 4.90 Å². The molecule has 240 valence electrons. The van der Waals surface area contributed by atoms with E-state index < -0.39 is 0 Å². The molecule has 51 heavy (non-hydrogen) atoms. The second kappa shape index (κ2) is 13.3. The topological polar surface area (TPSA) is 3.24 Å². The van der Waals surface area contributed by atoms with E-state index in [1.54, 1.807) is 0 Å². The molecule has 0 amide bonds. The minimum atomic E-state index is 1.10. The summed E-state index contributed by atoms with van der Waals surface area (Å²) in [6, 6.07) is 76.7. The van der Waals surface area contributed by atoms with Gasteiger partial charge >= 0.3 is 0 Å². The highest BCUT2D eigenvalue weighted by Crippen LogP contribution is 2.46. The largest absolute Gasteiger partial charge is 0.310 e. The van der Waals surface area contributed by atoms with Gasteiger partial charge in [0.05, 0.1) is 5.69 Å². The second-order valence-electron chi connectivity index (χ2n) is 12.9. The lowest BCUT2D eigenvalue weighted by Crippen LogP contribution is -2.11. The number of hydrogen-bond donors (Lipinski definition) is 0. The quantitative estimate of drug-likeness (QED) is 0.155. The lowest BCUT2D eigenvalue weighted by atomic mass is 9.88. The van der Waals surface area contributed by atoms with Crippen LogP contribution in [0.1, 0.15) is 0 Å². The normalized spacial score (nSPS) is 11.1. The molecule has 9 aromatic carbocycles. The van der Waals surface area contributed by atoms with Crippen LogP contribution in [0.15, 0.2) is 212 Å². The molecule has 0 aromatic heterocycles. The van der Waals surface area contributed by atoms with Gasteiger partial charge in [0.1, 0.15) is 0 Å². The summed E-state index contributed by atoms with van der Waals surface area (Å²) in [6.07, 6.45) is 0. The minimum Gasteiger partial charge on any atom is -0.310 e. The average molecular weight is 650 g/mol. The molecule has 1 nitrogen and oxygen atoms in total. The van der Waals surface area contributed by atoms with E-state index in [0.29, 0.717) is 0 Å². The molecule has 9 aromatic rings. The van der Waals surface area contributed by atoms with Crippen molar-refractivity contribution in [3.8, 4) is 44.5 Å². The maximum Gasteiger partial charge on any atom is 0.0540 e. The Labute approximate surface area is 299 Å². The number of nitrogens with zero attached hydrogens (tertiary/aromatic N) is 1. The van der Waals surface area contributed by atoms with E-state index in [-0.39, 0.29) is 0 Å². The van der Waals surface area contributed by atoms with Crippen LogP contribution in [0.3, 0.4) is 0 Å². The Kier molecular flexibility index (Phi) is 7.92. The fourth-order valence-corrected chi connectivity index (χ4v) is 7.44. The SMILES string of the molecule is c1ccc(-c2ccc(N(c3ccc4c(ccc5ccccc54)c3)c3ccccc3-c3ccccc3-c3ccccc3-c3ccccc3)cc2)cc1. The van der Waals surface area contributed by atoms with Crippen LogP contribution in [-0.2, 0) is 0 Å². The van der Waals surface area contributed by atoms with Crippen LogP contribution in [0.25, 0.3) is 66.1 Å². The molecule has 0 fully saturated rings. The molecule has 0 bridgehead atoms. The van der Waals surface area contributed by atoms with Crippen molar-refractivity contribution in [3.05, 3.63) is 212 Å². The molecular weight excluding hydrogens is 615 g/mol. The van der Waals surface area contributed by atoms with Gasteiger partial charge in [-0.3, -0.25) is 0 Å². The van der Waals surface area contributed by atoms with Gasteiger partial charge < -0.3 is 4.90 Å². The van der Waals surface area contributed by atoms with Crippen LogP contribution in [-0.4, -0.2) is 0 Å². The molecule has 0 aliphatic heterocycles. The third-order valence-electron chi connectivity index (χ3n) is 9.88. The van der Waals surface area contributed by atoms with Gasteiger partial charge in [-0.15, -0.1) is 0 Å². The molecule has 0 unspecified atom stereocenters. The predicted molar refractivity (Wildman–Crippen MR) is 218 cm³/mol. The first-order chi connectivity index (χ1) is 25.3. The molecule has 1 heteroatoms. The standard InChI is InChI=1S/C50H35N/c1-3-15-36(16-4-1)37-29-31-41(32-30-37)51(42-33-34-45-40(35-42)28-27-39-19-7-8-20-43(39)45)50-26-14-13-25-49(50)48-24-12-11-23-47(48)46-22-10-9-21-44(46)38-17-5-2-6-18-38/h1-35H. The Bertz CT molecular complexity index is 2620. The summed E-state index contributed by atoms with van der Waals surface area (Å²) in [5, 5.41) is 5.00. The van der Waals surface area contributed by atoms with Crippen LogP contribution in [0.2, 0.25) is 0 Å². The Balaban J connectivity index is 1.24. The van der Waals surface area contributed by atoms with Crippen LogP contribution >= 0.6 is 0 Å². The molecule has 0 N–H and O–H groups in total. The van der Waals surface area contributed by atoms with E-state index >= 15 is 0 Å². The fourth-order valence-electron chi connectivity index (χ4n) is 7.44. The number of hydrogen-bond acceptors (Lipinski definition) is 1. The molecule has 0 saturated carbocycles. The maximum atomic E-state index is 2.42. The zero-order valence-corrected chi connectivity index (χ0v) is 28.2. The van der Waals surface area contributed by atoms with Crippen LogP contribution in [0.4, 0.5) is 17.1 Å².